The number of amides is 2. The molecule has 0 aromatic heterocycles. The summed E-state index contributed by atoms with van der Waals surface area (Å²) >= 11 is 0. The standard InChI is InChI=1S/C18H24N2O2/c21-17(19-12-13-7-3-1-4-8-13)15-11-16(15)18(22)20-14-9-5-2-6-10-14/h1,3-4,7-8,14-16H,2,5-6,9-12H2,(H,19,21)(H,20,22). The van der Waals surface area contributed by atoms with Crippen molar-refractivity contribution in [3.8, 4) is 0 Å². The molecule has 2 amide bonds. The second-order valence-electron chi connectivity index (χ2n) is 6.50. The van der Waals surface area contributed by atoms with Crippen molar-refractivity contribution in [3.05, 3.63) is 35.9 Å². The number of benzene rings is 1. The first-order valence-corrected chi connectivity index (χ1v) is 8.36. The molecule has 2 saturated carbocycles. The maximum atomic E-state index is 12.2. The third-order valence-corrected chi connectivity index (χ3v) is 4.73. The lowest BCUT2D eigenvalue weighted by Gasteiger charge is -2.22. The van der Waals surface area contributed by atoms with E-state index in [2.05, 4.69) is 10.6 Å². The SMILES string of the molecule is O=C(NCc1ccccc1)C1CC1C(=O)NC1CCCCC1. The van der Waals surface area contributed by atoms with Crippen LogP contribution >= 0.6 is 0 Å². The topological polar surface area (TPSA) is 58.2 Å². The number of carbonyl (C=O) groups excluding carboxylic acids is 2. The van der Waals surface area contributed by atoms with Gasteiger partial charge in [0.1, 0.15) is 0 Å². The van der Waals surface area contributed by atoms with Crippen LogP contribution in [0.3, 0.4) is 0 Å². The molecule has 2 unspecified atom stereocenters. The Morgan fingerprint density at radius 2 is 1.64 bits per heavy atom. The molecular weight excluding hydrogens is 276 g/mol. The van der Waals surface area contributed by atoms with Crippen LogP contribution in [-0.4, -0.2) is 17.9 Å². The van der Waals surface area contributed by atoms with Gasteiger partial charge >= 0.3 is 0 Å². The highest BCUT2D eigenvalue weighted by atomic mass is 16.2. The van der Waals surface area contributed by atoms with Gasteiger partial charge in [0, 0.05) is 12.6 Å². The number of carbonyl (C=O) groups is 2. The fourth-order valence-electron chi connectivity index (χ4n) is 3.25. The summed E-state index contributed by atoms with van der Waals surface area (Å²) in [5, 5.41) is 6.05. The first kappa shape index (κ1) is 15.1. The Morgan fingerprint density at radius 1 is 0.955 bits per heavy atom. The second-order valence-corrected chi connectivity index (χ2v) is 6.50. The molecule has 0 aliphatic heterocycles. The summed E-state index contributed by atoms with van der Waals surface area (Å²) in [5.41, 5.74) is 1.08. The van der Waals surface area contributed by atoms with Crippen molar-refractivity contribution in [2.75, 3.05) is 0 Å². The summed E-state index contributed by atoms with van der Waals surface area (Å²) < 4.78 is 0. The quantitative estimate of drug-likeness (QED) is 0.877. The lowest BCUT2D eigenvalue weighted by atomic mass is 9.95. The molecule has 0 spiro atoms. The predicted molar refractivity (Wildman–Crippen MR) is 84.9 cm³/mol. The van der Waals surface area contributed by atoms with Gasteiger partial charge in [0.2, 0.25) is 11.8 Å². The van der Waals surface area contributed by atoms with Gasteiger partial charge in [0.15, 0.2) is 0 Å². The zero-order chi connectivity index (χ0) is 15.4. The molecule has 4 nitrogen and oxygen atoms in total. The molecule has 0 radical (unpaired) electrons. The van der Waals surface area contributed by atoms with Gasteiger partial charge in [0.05, 0.1) is 11.8 Å². The summed E-state index contributed by atoms with van der Waals surface area (Å²) in [4.78, 5) is 24.3. The molecule has 0 heterocycles. The first-order valence-electron chi connectivity index (χ1n) is 8.36. The van der Waals surface area contributed by atoms with Gasteiger partial charge < -0.3 is 10.6 Å². The highest BCUT2D eigenvalue weighted by Gasteiger charge is 2.48. The Morgan fingerprint density at radius 3 is 2.36 bits per heavy atom. The summed E-state index contributed by atoms with van der Waals surface area (Å²) in [6.07, 6.45) is 6.55. The van der Waals surface area contributed by atoms with E-state index in [1.807, 2.05) is 30.3 Å². The Kier molecular flexibility index (Phi) is 4.76. The molecule has 2 N–H and O–H groups in total. The summed E-state index contributed by atoms with van der Waals surface area (Å²) in [6, 6.07) is 10.2. The highest BCUT2D eigenvalue weighted by molar-refractivity contribution is 5.92. The maximum absolute atomic E-state index is 12.2. The normalized spacial score (nSPS) is 24.5. The molecule has 2 aliphatic rings. The molecule has 2 aliphatic carbocycles. The zero-order valence-electron chi connectivity index (χ0n) is 12.9. The molecule has 22 heavy (non-hydrogen) atoms. The van der Waals surface area contributed by atoms with E-state index in [0.717, 1.165) is 18.4 Å². The van der Waals surface area contributed by atoms with E-state index in [9.17, 15) is 9.59 Å². The number of nitrogens with one attached hydrogen (secondary N) is 2. The van der Waals surface area contributed by atoms with E-state index >= 15 is 0 Å². The maximum Gasteiger partial charge on any atom is 0.224 e. The van der Waals surface area contributed by atoms with Gasteiger partial charge in [-0.15, -0.1) is 0 Å². The van der Waals surface area contributed by atoms with Gasteiger partial charge in [0.25, 0.3) is 0 Å². The Hall–Kier alpha value is -1.84. The minimum absolute atomic E-state index is 0.00708. The van der Waals surface area contributed by atoms with E-state index in [4.69, 9.17) is 0 Å². The van der Waals surface area contributed by atoms with Crippen LogP contribution in [0.25, 0.3) is 0 Å². The monoisotopic (exact) mass is 300 g/mol. The van der Waals surface area contributed by atoms with E-state index in [1.165, 1.54) is 19.3 Å². The molecule has 3 rings (SSSR count). The molecule has 0 saturated heterocycles. The lowest BCUT2D eigenvalue weighted by molar-refractivity contribution is -0.127. The minimum atomic E-state index is -0.132. The smallest absolute Gasteiger partial charge is 0.224 e. The van der Waals surface area contributed by atoms with E-state index in [-0.39, 0.29) is 23.7 Å². The van der Waals surface area contributed by atoms with Crippen molar-refractivity contribution >= 4 is 11.8 Å². The van der Waals surface area contributed by atoms with Crippen LogP contribution in [0.4, 0.5) is 0 Å². The van der Waals surface area contributed by atoms with E-state index < -0.39 is 0 Å². The van der Waals surface area contributed by atoms with Crippen LogP contribution in [0.2, 0.25) is 0 Å². The van der Waals surface area contributed by atoms with Crippen LogP contribution < -0.4 is 10.6 Å². The predicted octanol–water partition coefficient (Wildman–Crippen LogP) is 2.39. The van der Waals surface area contributed by atoms with Crippen molar-refractivity contribution in [3.63, 3.8) is 0 Å². The Balaban J connectivity index is 1.41. The van der Waals surface area contributed by atoms with Crippen molar-refractivity contribution in [1.82, 2.24) is 10.6 Å². The average molecular weight is 300 g/mol. The van der Waals surface area contributed by atoms with Crippen LogP contribution in [0.1, 0.15) is 44.1 Å². The zero-order valence-corrected chi connectivity index (χ0v) is 12.9. The van der Waals surface area contributed by atoms with E-state index in [0.29, 0.717) is 19.0 Å². The van der Waals surface area contributed by atoms with Crippen LogP contribution in [-0.2, 0) is 16.1 Å². The van der Waals surface area contributed by atoms with Crippen molar-refractivity contribution in [2.24, 2.45) is 11.8 Å². The summed E-state index contributed by atoms with van der Waals surface area (Å²) in [6.45, 7) is 0.535. The van der Waals surface area contributed by atoms with Gasteiger partial charge in [-0.25, -0.2) is 0 Å². The van der Waals surface area contributed by atoms with Crippen LogP contribution in [0.15, 0.2) is 30.3 Å². The van der Waals surface area contributed by atoms with Gasteiger partial charge in [-0.05, 0) is 24.8 Å². The lowest BCUT2D eigenvalue weighted by Crippen LogP contribution is -2.38. The van der Waals surface area contributed by atoms with Crippen LogP contribution in [0.5, 0.6) is 0 Å². The molecule has 0 bridgehead atoms. The van der Waals surface area contributed by atoms with Gasteiger partial charge in [-0.2, -0.15) is 0 Å². The Labute approximate surface area is 131 Å². The third kappa shape index (κ3) is 3.87. The average Bonchev–Trinajstić information content (AvgIpc) is 3.35. The number of rotatable bonds is 5. The second kappa shape index (κ2) is 6.95. The van der Waals surface area contributed by atoms with Crippen molar-refractivity contribution < 1.29 is 9.59 Å². The third-order valence-electron chi connectivity index (χ3n) is 4.73. The minimum Gasteiger partial charge on any atom is -0.353 e. The first-order chi connectivity index (χ1) is 10.7. The molecule has 118 valence electrons. The summed E-state index contributed by atoms with van der Waals surface area (Å²) in [7, 11) is 0. The van der Waals surface area contributed by atoms with Crippen LogP contribution in [0, 0.1) is 11.8 Å². The molecule has 4 heteroatoms. The highest BCUT2D eigenvalue weighted by Crippen LogP contribution is 2.39. The molecule has 2 fully saturated rings. The van der Waals surface area contributed by atoms with Crippen molar-refractivity contribution in [2.45, 2.75) is 51.1 Å². The summed E-state index contributed by atoms with van der Waals surface area (Å²) in [5.74, 6) is -0.163. The number of hydrogen-bond acceptors (Lipinski definition) is 2. The van der Waals surface area contributed by atoms with Crippen molar-refractivity contribution in [1.29, 1.82) is 0 Å². The molecule has 1 aromatic carbocycles. The Bertz CT molecular complexity index is 523. The largest absolute Gasteiger partial charge is 0.353 e. The molecule has 1 aromatic rings. The number of hydrogen-bond donors (Lipinski definition) is 2. The fraction of sp³-hybridized carbons (Fsp3) is 0.556. The van der Waals surface area contributed by atoms with E-state index in [1.54, 1.807) is 0 Å². The fourth-order valence-corrected chi connectivity index (χ4v) is 3.25. The van der Waals surface area contributed by atoms with Gasteiger partial charge in [-0.3, -0.25) is 9.59 Å². The molecular formula is C18H24N2O2. The van der Waals surface area contributed by atoms with Gasteiger partial charge in [-0.1, -0.05) is 49.6 Å². The molecule has 2 atom stereocenters.